The van der Waals surface area contributed by atoms with Crippen molar-refractivity contribution in [3.8, 4) is 0 Å². The largest absolute Gasteiger partial charge is 0.322 e. The molecule has 2 rings (SSSR count). The van der Waals surface area contributed by atoms with E-state index in [1.165, 1.54) is 11.1 Å². The van der Waals surface area contributed by atoms with Crippen LogP contribution in [-0.4, -0.2) is 5.91 Å². The number of nitrogens with one attached hydrogen (secondary N) is 1. The Kier molecular flexibility index (Phi) is 4.17. The summed E-state index contributed by atoms with van der Waals surface area (Å²) >= 11 is 0. The molecule has 0 bridgehead atoms. The van der Waals surface area contributed by atoms with Gasteiger partial charge in [0, 0.05) is 11.3 Å². The second-order valence-electron chi connectivity index (χ2n) is 6.60. The fraction of sp³-hybridized carbons (Fsp3) is 0.316. The quantitative estimate of drug-likeness (QED) is 0.837. The van der Waals surface area contributed by atoms with Gasteiger partial charge in [-0.05, 0) is 60.2 Å². The van der Waals surface area contributed by atoms with Crippen molar-refractivity contribution in [2.45, 2.75) is 40.0 Å². The van der Waals surface area contributed by atoms with Crippen molar-refractivity contribution in [2.75, 3.05) is 5.32 Å². The molecule has 2 aromatic carbocycles. The third-order valence-electron chi connectivity index (χ3n) is 3.58. The average molecular weight is 281 g/mol. The van der Waals surface area contributed by atoms with E-state index in [1.807, 2.05) is 49.4 Å². The van der Waals surface area contributed by atoms with E-state index in [0.29, 0.717) is 5.56 Å². The number of benzene rings is 2. The molecule has 0 atom stereocenters. The van der Waals surface area contributed by atoms with Crippen molar-refractivity contribution in [1.29, 1.82) is 0 Å². The molecule has 0 aliphatic carbocycles. The Morgan fingerprint density at radius 3 is 2.33 bits per heavy atom. The second-order valence-corrected chi connectivity index (χ2v) is 6.60. The third kappa shape index (κ3) is 3.72. The van der Waals surface area contributed by atoms with Gasteiger partial charge in [0.25, 0.3) is 5.91 Å². The molecule has 0 fully saturated rings. The van der Waals surface area contributed by atoms with E-state index in [9.17, 15) is 4.79 Å². The van der Waals surface area contributed by atoms with Crippen LogP contribution in [0.1, 0.15) is 47.8 Å². The van der Waals surface area contributed by atoms with Gasteiger partial charge in [0.2, 0.25) is 0 Å². The number of amides is 1. The maximum Gasteiger partial charge on any atom is 0.255 e. The van der Waals surface area contributed by atoms with Gasteiger partial charge in [-0.25, -0.2) is 0 Å². The van der Waals surface area contributed by atoms with Crippen molar-refractivity contribution in [1.82, 2.24) is 0 Å². The first-order valence-electron chi connectivity index (χ1n) is 7.26. The molecule has 0 spiro atoms. The lowest BCUT2D eigenvalue weighted by Crippen LogP contribution is -2.17. The molecule has 0 saturated carbocycles. The molecule has 0 unspecified atom stereocenters. The van der Waals surface area contributed by atoms with E-state index < -0.39 is 0 Å². The standard InChI is InChI=1S/C19H23NO/c1-13-7-6-8-16(11-13)20-18(21)15-10-9-14(2)17(12-15)19(3,4)5/h6-12H,1-5H3,(H,20,21). The fourth-order valence-electron chi connectivity index (χ4n) is 2.50. The summed E-state index contributed by atoms with van der Waals surface area (Å²) < 4.78 is 0. The third-order valence-corrected chi connectivity index (χ3v) is 3.58. The molecule has 2 aromatic rings. The Bertz CT molecular complexity index is 666. The number of anilines is 1. The summed E-state index contributed by atoms with van der Waals surface area (Å²) in [5.74, 6) is -0.0638. The normalized spacial score (nSPS) is 11.3. The Hall–Kier alpha value is -2.09. The topological polar surface area (TPSA) is 29.1 Å². The zero-order chi connectivity index (χ0) is 15.6. The Labute approximate surface area is 127 Å². The first-order valence-corrected chi connectivity index (χ1v) is 7.26. The van der Waals surface area contributed by atoms with Crippen LogP contribution < -0.4 is 5.32 Å². The van der Waals surface area contributed by atoms with Gasteiger partial charge in [-0.2, -0.15) is 0 Å². The number of hydrogen-bond donors (Lipinski definition) is 1. The van der Waals surface area contributed by atoms with Gasteiger partial charge in [-0.1, -0.05) is 39.0 Å². The minimum Gasteiger partial charge on any atom is -0.322 e. The van der Waals surface area contributed by atoms with E-state index in [0.717, 1.165) is 11.3 Å². The smallest absolute Gasteiger partial charge is 0.255 e. The number of aryl methyl sites for hydroxylation is 2. The highest BCUT2D eigenvalue weighted by molar-refractivity contribution is 6.04. The maximum atomic E-state index is 12.4. The van der Waals surface area contributed by atoms with Crippen LogP contribution in [0.3, 0.4) is 0 Å². The molecule has 2 heteroatoms. The highest BCUT2D eigenvalue weighted by Gasteiger charge is 2.18. The van der Waals surface area contributed by atoms with E-state index in [2.05, 4.69) is 33.0 Å². The molecule has 0 heterocycles. The highest BCUT2D eigenvalue weighted by Crippen LogP contribution is 2.26. The Morgan fingerprint density at radius 1 is 1.00 bits per heavy atom. The molecule has 1 amide bonds. The molecule has 0 radical (unpaired) electrons. The summed E-state index contributed by atoms with van der Waals surface area (Å²) in [5.41, 5.74) is 5.12. The molecular weight excluding hydrogens is 258 g/mol. The lowest BCUT2D eigenvalue weighted by Gasteiger charge is -2.22. The number of rotatable bonds is 2. The van der Waals surface area contributed by atoms with Crippen molar-refractivity contribution >= 4 is 11.6 Å². The second kappa shape index (κ2) is 5.72. The van der Waals surface area contributed by atoms with Crippen LogP contribution in [0.5, 0.6) is 0 Å². The molecule has 1 N–H and O–H groups in total. The Balaban J connectivity index is 2.28. The SMILES string of the molecule is Cc1cccc(NC(=O)c2ccc(C)c(C(C)(C)C)c2)c1. The molecule has 2 nitrogen and oxygen atoms in total. The van der Waals surface area contributed by atoms with Crippen LogP contribution in [0.25, 0.3) is 0 Å². The molecule has 0 aliphatic rings. The van der Waals surface area contributed by atoms with E-state index in [-0.39, 0.29) is 11.3 Å². The predicted molar refractivity (Wildman–Crippen MR) is 89.0 cm³/mol. The van der Waals surface area contributed by atoms with E-state index in [4.69, 9.17) is 0 Å². The molecular formula is C19H23NO. The number of hydrogen-bond acceptors (Lipinski definition) is 1. The van der Waals surface area contributed by atoms with Crippen LogP contribution in [0, 0.1) is 13.8 Å². The van der Waals surface area contributed by atoms with Gasteiger partial charge in [0.15, 0.2) is 0 Å². The highest BCUT2D eigenvalue weighted by atomic mass is 16.1. The monoisotopic (exact) mass is 281 g/mol. The maximum absolute atomic E-state index is 12.4. The predicted octanol–water partition coefficient (Wildman–Crippen LogP) is 4.85. The number of carbonyl (C=O) groups excluding carboxylic acids is 1. The van der Waals surface area contributed by atoms with Gasteiger partial charge < -0.3 is 5.32 Å². The molecule has 0 aliphatic heterocycles. The van der Waals surface area contributed by atoms with Crippen LogP contribution in [-0.2, 0) is 5.41 Å². The van der Waals surface area contributed by atoms with Crippen LogP contribution >= 0.6 is 0 Å². The van der Waals surface area contributed by atoms with E-state index >= 15 is 0 Å². The summed E-state index contributed by atoms with van der Waals surface area (Å²) in [6.45, 7) is 10.6. The molecule has 21 heavy (non-hydrogen) atoms. The fourth-order valence-corrected chi connectivity index (χ4v) is 2.50. The van der Waals surface area contributed by atoms with Crippen molar-refractivity contribution in [2.24, 2.45) is 0 Å². The molecule has 0 saturated heterocycles. The van der Waals surface area contributed by atoms with Crippen molar-refractivity contribution < 1.29 is 4.79 Å². The minimum atomic E-state index is -0.0638. The van der Waals surface area contributed by atoms with Crippen LogP contribution in [0.2, 0.25) is 0 Å². The average Bonchev–Trinajstić information content (AvgIpc) is 2.37. The van der Waals surface area contributed by atoms with Crippen molar-refractivity contribution in [3.05, 3.63) is 64.7 Å². The molecule has 0 aromatic heterocycles. The summed E-state index contributed by atoms with van der Waals surface area (Å²) in [5, 5.41) is 2.96. The lowest BCUT2D eigenvalue weighted by molar-refractivity contribution is 0.102. The van der Waals surface area contributed by atoms with E-state index in [1.54, 1.807) is 0 Å². The summed E-state index contributed by atoms with van der Waals surface area (Å²) in [6, 6.07) is 13.7. The number of carbonyl (C=O) groups is 1. The first kappa shape index (κ1) is 15.3. The van der Waals surface area contributed by atoms with Gasteiger partial charge in [-0.3, -0.25) is 4.79 Å². The van der Waals surface area contributed by atoms with Crippen molar-refractivity contribution in [3.63, 3.8) is 0 Å². The summed E-state index contributed by atoms with van der Waals surface area (Å²) in [6.07, 6.45) is 0. The first-order chi connectivity index (χ1) is 9.77. The van der Waals surface area contributed by atoms with Crippen LogP contribution in [0.15, 0.2) is 42.5 Å². The zero-order valence-corrected chi connectivity index (χ0v) is 13.4. The molecule has 110 valence electrons. The Morgan fingerprint density at radius 2 is 1.71 bits per heavy atom. The summed E-state index contributed by atoms with van der Waals surface area (Å²) in [7, 11) is 0. The van der Waals surface area contributed by atoms with Gasteiger partial charge in [-0.15, -0.1) is 0 Å². The van der Waals surface area contributed by atoms with Gasteiger partial charge in [0.1, 0.15) is 0 Å². The van der Waals surface area contributed by atoms with Crippen LogP contribution in [0.4, 0.5) is 5.69 Å². The summed E-state index contributed by atoms with van der Waals surface area (Å²) in [4.78, 5) is 12.4. The zero-order valence-electron chi connectivity index (χ0n) is 13.4. The van der Waals surface area contributed by atoms with Gasteiger partial charge in [0.05, 0.1) is 0 Å². The van der Waals surface area contributed by atoms with Gasteiger partial charge >= 0.3 is 0 Å². The minimum absolute atomic E-state index is 0.0315. The lowest BCUT2D eigenvalue weighted by atomic mass is 9.83.